The largest absolute Gasteiger partial charge is 0.494 e. The molecule has 1 aliphatic rings. The van der Waals surface area contributed by atoms with E-state index in [1.54, 1.807) is 0 Å². The maximum Gasteiger partial charge on any atom is 0.107 e. The fourth-order valence-electron chi connectivity index (χ4n) is 3.34. The van der Waals surface area contributed by atoms with Gasteiger partial charge in [-0.3, -0.25) is 0 Å². The smallest absolute Gasteiger partial charge is 0.107 e. The molecular formula is C19H20O. The van der Waals surface area contributed by atoms with Gasteiger partial charge in [0.05, 0.1) is 11.5 Å². The Labute approximate surface area is 120 Å². The minimum atomic E-state index is -0.142. The van der Waals surface area contributed by atoms with Gasteiger partial charge in [-0.25, -0.2) is 0 Å². The van der Waals surface area contributed by atoms with Crippen LogP contribution in [-0.4, -0.2) is 6.10 Å². The average molecular weight is 264 g/mol. The Morgan fingerprint density at radius 1 is 0.950 bits per heavy atom. The molecule has 0 radical (unpaired) electrons. The maximum absolute atomic E-state index is 6.10. The quantitative estimate of drug-likeness (QED) is 0.765. The summed E-state index contributed by atoms with van der Waals surface area (Å²) < 4.78 is 6.10. The molecular weight excluding hydrogens is 244 g/mol. The van der Waals surface area contributed by atoms with Crippen molar-refractivity contribution in [2.75, 3.05) is 0 Å². The molecule has 0 unspecified atom stereocenters. The molecule has 0 spiro atoms. The minimum absolute atomic E-state index is 0.142. The first-order valence-corrected chi connectivity index (χ1v) is 7.22. The molecule has 0 saturated carbocycles. The highest BCUT2D eigenvalue weighted by Crippen LogP contribution is 2.49. The molecule has 1 nitrogen and oxygen atoms in total. The van der Waals surface area contributed by atoms with E-state index in [9.17, 15) is 0 Å². The number of ether oxygens (including phenoxy) is 1. The summed E-state index contributed by atoms with van der Waals surface area (Å²) >= 11 is 0. The summed E-state index contributed by atoms with van der Waals surface area (Å²) in [5.41, 5.74) is 2.48. The van der Waals surface area contributed by atoms with E-state index in [0.29, 0.717) is 0 Å². The highest BCUT2D eigenvalue weighted by Gasteiger charge is 2.46. The van der Waals surface area contributed by atoms with Crippen molar-refractivity contribution >= 4 is 0 Å². The number of rotatable bonds is 2. The Kier molecular flexibility index (Phi) is 3.35. The van der Waals surface area contributed by atoms with Crippen molar-refractivity contribution in [2.45, 2.75) is 31.8 Å². The monoisotopic (exact) mass is 264 g/mol. The summed E-state index contributed by atoms with van der Waals surface area (Å²) in [7, 11) is 0. The predicted molar refractivity (Wildman–Crippen MR) is 82.6 cm³/mol. The van der Waals surface area contributed by atoms with E-state index >= 15 is 0 Å². The first-order valence-electron chi connectivity index (χ1n) is 7.22. The van der Waals surface area contributed by atoms with Crippen LogP contribution in [0, 0.1) is 0 Å². The zero-order valence-corrected chi connectivity index (χ0v) is 12.0. The van der Waals surface area contributed by atoms with Gasteiger partial charge >= 0.3 is 0 Å². The molecule has 0 aromatic heterocycles. The Morgan fingerprint density at radius 3 is 1.90 bits per heavy atom. The van der Waals surface area contributed by atoms with Crippen LogP contribution in [0.2, 0.25) is 0 Å². The second kappa shape index (κ2) is 5.16. The van der Waals surface area contributed by atoms with Crippen LogP contribution in [0.25, 0.3) is 0 Å². The van der Waals surface area contributed by atoms with Gasteiger partial charge in [-0.05, 0) is 31.1 Å². The third kappa shape index (κ3) is 1.94. The fourth-order valence-corrected chi connectivity index (χ4v) is 3.34. The lowest BCUT2D eigenvalue weighted by Gasteiger charge is -2.30. The summed E-state index contributed by atoms with van der Waals surface area (Å²) in [5.74, 6) is 1.07. The Hall–Kier alpha value is -2.02. The summed E-state index contributed by atoms with van der Waals surface area (Å²) in [6.07, 6.45) is 3.34. The molecule has 1 aliphatic heterocycles. The molecule has 0 amide bonds. The van der Waals surface area contributed by atoms with Gasteiger partial charge in [0.2, 0.25) is 0 Å². The average Bonchev–Trinajstić information content (AvgIpc) is 2.87. The van der Waals surface area contributed by atoms with E-state index < -0.39 is 0 Å². The summed E-state index contributed by atoms with van der Waals surface area (Å²) in [4.78, 5) is 0. The van der Waals surface area contributed by atoms with Crippen molar-refractivity contribution in [1.82, 2.24) is 0 Å². The fraction of sp³-hybridized carbons (Fsp3) is 0.263. The van der Waals surface area contributed by atoms with Gasteiger partial charge < -0.3 is 4.74 Å². The third-order valence-electron chi connectivity index (χ3n) is 4.14. The van der Waals surface area contributed by atoms with Crippen molar-refractivity contribution in [2.24, 2.45) is 0 Å². The van der Waals surface area contributed by atoms with Gasteiger partial charge in [-0.1, -0.05) is 60.7 Å². The third-order valence-corrected chi connectivity index (χ3v) is 4.14. The van der Waals surface area contributed by atoms with Crippen LogP contribution in [0.15, 0.2) is 72.5 Å². The molecule has 1 heteroatoms. The zero-order valence-electron chi connectivity index (χ0n) is 12.0. The molecule has 2 aromatic rings. The number of benzene rings is 2. The van der Waals surface area contributed by atoms with Gasteiger partial charge in [0.25, 0.3) is 0 Å². The molecule has 20 heavy (non-hydrogen) atoms. The highest BCUT2D eigenvalue weighted by molar-refractivity contribution is 5.48. The van der Waals surface area contributed by atoms with E-state index in [4.69, 9.17) is 4.74 Å². The number of allylic oxidation sites excluding steroid dienone is 2. The van der Waals surface area contributed by atoms with Crippen LogP contribution >= 0.6 is 0 Å². The van der Waals surface area contributed by atoms with Gasteiger partial charge in [0.1, 0.15) is 5.76 Å². The molecule has 102 valence electrons. The lowest BCUT2D eigenvalue weighted by atomic mass is 9.71. The molecule has 1 saturated heterocycles. The second-order valence-corrected chi connectivity index (χ2v) is 5.42. The van der Waals surface area contributed by atoms with Crippen LogP contribution in [0.4, 0.5) is 0 Å². The van der Waals surface area contributed by atoms with Crippen LogP contribution in [-0.2, 0) is 10.2 Å². The summed E-state index contributed by atoms with van der Waals surface area (Å²) in [6, 6.07) is 21.4. The van der Waals surface area contributed by atoms with Gasteiger partial charge in [0.15, 0.2) is 0 Å². The lowest BCUT2D eigenvalue weighted by Crippen LogP contribution is -2.26. The van der Waals surface area contributed by atoms with Crippen molar-refractivity contribution in [3.05, 3.63) is 83.6 Å². The van der Waals surface area contributed by atoms with E-state index in [1.165, 1.54) is 11.1 Å². The lowest BCUT2D eigenvalue weighted by molar-refractivity contribution is 0.176. The molecule has 1 fully saturated rings. The van der Waals surface area contributed by atoms with E-state index in [1.807, 2.05) is 0 Å². The standard InChI is InChI=1S/C19H20O/c1-3-18-19(14-15(2)20-18,16-10-6-4-7-11-16)17-12-8-5-9-13-17/h3-13,15H,14H2,1-2H3/b18-3-/t15-/m1/s1. The minimum Gasteiger partial charge on any atom is -0.494 e. The van der Waals surface area contributed by atoms with E-state index in [0.717, 1.165) is 12.2 Å². The zero-order chi connectivity index (χ0) is 14.0. The van der Waals surface area contributed by atoms with E-state index in [-0.39, 0.29) is 11.5 Å². The molecule has 2 aromatic carbocycles. The molecule has 0 N–H and O–H groups in total. The maximum atomic E-state index is 6.10. The first-order chi connectivity index (χ1) is 9.77. The predicted octanol–water partition coefficient (Wildman–Crippen LogP) is 4.69. The van der Waals surface area contributed by atoms with E-state index in [2.05, 4.69) is 80.6 Å². The number of hydrogen-bond donors (Lipinski definition) is 0. The summed E-state index contributed by atoms with van der Waals surface area (Å²) in [5, 5.41) is 0. The highest BCUT2D eigenvalue weighted by atomic mass is 16.5. The Morgan fingerprint density at radius 2 is 1.45 bits per heavy atom. The Bertz CT molecular complexity index is 559. The SMILES string of the molecule is C/C=C1\O[C@H](C)CC1(c1ccccc1)c1ccccc1. The van der Waals surface area contributed by atoms with Gasteiger partial charge in [0, 0.05) is 6.42 Å². The van der Waals surface area contributed by atoms with Crippen LogP contribution in [0.5, 0.6) is 0 Å². The first kappa shape index (κ1) is 13.0. The molecule has 3 rings (SSSR count). The molecule has 1 atom stereocenters. The molecule has 0 aliphatic carbocycles. The summed E-state index contributed by atoms with van der Waals surface area (Å²) in [6.45, 7) is 4.21. The van der Waals surface area contributed by atoms with Crippen LogP contribution in [0.3, 0.4) is 0 Å². The van der Waals surface area contributed by atoms with Gasteiger partial charge in [-0.15, -0.1) is 0 Å². The normalized spacial score (nSPS) is 22.7. The topological polar surface area (TPSA) is 9.23 Å². The van der Waals surface area contributed by atoms with Crippen molar-refractivity contribution in [3.8, 4) is 0 Å². The Balaban J connectivity index is 2.24. The molecule has 0 bridgehead atoms. The second-order valence-electron chi connectivity index (χ2n) is 5.42. The van der Waals surface area contributed by atoms with Gasteiger partial charge in [-0.2, -0.15) is 0 Å². The van der Waals surface area contributed by atoms with Crippen LogP contribution in [0.1, 0.15) is 31.4 Å². The van der Waals surface area contributed by atoms with Crippen LogP contribution < -0.4 is 0 Å². The molecule has 1 heterocycles. The van der Waals surface area contributed by atoms with Crippen molar-refractivity contribution in [3.63, 3.8) is 0 Å². The number of hydrogen-bond acceptors (Lipinski definition) is 1. The van der Waals surface area contributed by atoms with Crippen molar-refractivity contribution in [1.29, 1.82) is 0 Å². The van der Waals surface area contributed by atoms with Crippen molar-refractivity contribution < 1.29 is 4.74 Å².